The van der Waals surface area contributed by atoms with Crippen molar-refractivity contribution in [3.05, 3.63) is 71.0 Å². The number of nitrogens with two attached hydrogens (primary N) is 1. The maximum atomic E-state index is 12.3. The van der Waals surface area contributed by atoms with Gasteiger partial charge < -0.3 is 21.7 Å². The molecular formula is C20H22N6O2. The van der Waals surface area contributed by atoms with E-state index in [0.717, 1.165) is 16.8 Å². The van der Waals surface area contributed by atoms with Crippen molar-refractivity contribution in [3.63, 3.8) is 0 Å². The number of benzene rings is 2. The number of rotatable bonds is 6. The van der Waals surface area contributed by atoms with E-state index in [0.29, 0.717) is 17.9 Å². The predicted octanol–water partition coefficient (Wildman–Crippen LogP) is 3.38. The van der Waals surface area contributed by atoms with E-state index in [9.17, 15) is 9.59 Å². The minimum atomic E-state index is -0.585. The summed E-state index contributed by atoms with van der Waals surface area (Å²) in [6, 6.07) is 12.8. The SMILES string of the molecule is Cc1ccc(NC(=O)Nc2cccc(CNc3cn[nH]c3C(N)=O)c2)cc1C. The second-order valence-electron chi connectivity index (χ2n) is 6.46. The van der Waals surface area contributed by atoms with E-state index in [4.69, 9.17) is 5.73 Å². The number of H-pyrrole nitrogens is 1. The molecule has 0 aliphatic carbocycles. The van der Waals surface area contributed by atoms with Crippen molar-refractivity contribution >= 4 is 29.0 Å². The van der Waals surface area contributed by atoms with Crippen molar-refractivity contribution in [1.29, 1.82) is 0 Å². The second-order valence-corrected chi connectivity index (χ2v) is 6.46. The minimum Gasteiger partial charge on any atom is -0.378 e. The Morgan fingerprint density at radius 2 is 1.79 bits per heavy atom. The van der Waals surface area contributed by atoms with Gasteiger partial charge in [-0.2, -0.15) is 5.10 Å². The summed E-state index contributed by atoms with van der Waals surface area (Å²) < 4.78 is 0. The standard InChI is InChI=1S/C20H22N6O2/c1-12-6-7-16(8-13(12)2)25-20(28)24-15-5-3-4-14(9-15)10-22-17-11-23-26-18(17)19(21)27/h3-9,11,22H,10H2,1-2H3,(H2,21,27)(H,23,26)(H2,24,25,28). The maximum Gasteiger partial charge on any atom is 0.323 e. The lowest BCUT2D eigenvalue weighted by Gasteiger charge is -2.11. The molecule has 3 rings (SSSR count). The van der Waals surface area contributed by atoms with Crippen LogP contribution in [0.15, 0.2) is 48.7 Å². The molecule has 0 aliphatic heterocycles. The fourth-order valence-corrected chi connectivity index (χ4v) is 2.68. The number of aromatic amines is 1. The van der Waals surface area contributed by atoms with E-state index in [2.05, 4.69) is 26.1 Å². The number of aryl methyl sites for hydroxylation is 2. The zero-order valence-electron chi connectivity index (χ0n) is 15.7. The molecule has 144 valence electrons. The number of carbonyl (C=O) groups is 2. The molecule has 1 heterocycles. The van der Waals surface area contributed by atoms with Gasteiger partial charge in [0.1, 0.15) is 5.69 Å². The van der Waals surface area contributed by atoms with Gasteiger partial charge in [-0.15, -0.1) is 0 Å². The number of carbonyl (C=O) groups excluding carboxylic acids is 2. The molecule has 0 unspecified atom stereocenters. The van der Waals surface area contributed by atoms with Gasteiger partial charge in [-0.05, 0) is 54.8 Å². The summed E-state index contributed by atoms with van der Waals surface area (Å²) in [4.78, 5) is 23.6. The van der Waals surface area contributed by atoms with Crippen molar-refractivity contribution < 1.29 is 9.59 Å². The molecule has 0 saturated heterocycles. The molecule has 0 aliphatic rings. The van der Waals surface area contributed by atoms with E-state index in [1.807, 2.05) is 50.2 Å². The predicted molar refractivity (Wildman–Crippen MR) is 109 cm³/mol. The van der Waals surface area contributed by atoms with Gasteiger partial charge in [-0.25, -0.2) is 4.79 Å². The third-order valence-corrected chi connectivity index (χ3v) is 4.32. The molecule has 8 nitrogen and oxygen atoms in total. The summed E-state index contributed by atoms with van der Waals surface area (Å²) in [7, 11) is 0. The lowest BCUT2D eigenvalue weighted by molar-refractivity contribution is 0.0996. The average molecular weight is 378 g/mol. The van der Waals surface area contributed by atoms with Crippen LogP contribution in [0.5, 0.6) is 0 Å². The third-order valence-electron chi connectivity index (χ3n) is 4.32. The largest absolute Gasteiger partial charge is 0.378 e. The monoisotopic (exact) mass is 378 g/mol. The molecule has 0 atom stereocenters. The number of nitrogens with one attached hydrogen (secondary N) is 4. The van der Waals surface area contributed by atoms with Crippen LogP contribution >= 0.6 is 0 Å². The zero-order valence-corrected chi connectivity index (χ0v) is 15.7. The van der Waals surface area contributed by atoms with Crippen molar-refractivity contribution in [3.8, 4) is 0 Å². The van der Waals surface area contributed by atoms with Gasteiger partial charge in [-0.3, -0.25) is 9.89 Å². The van der Waals surface area contributed by atoms with Gasteiger partial charge in [-0.1, -0.05) is 18.2 Å². The highest BCUT2D eigenvalue weighted by atomic mass is 16.2. The number of urea groups is 1. The number of anilines is 3. The fourth-order valence-electron chi connectivity index (χ4n) is 2.68. The smallest absolute Gasteiger partial charge is 0.323 e. The molecule has 1 aromatic heterocycles. The first-order chi connectivity index (χ1) is 13.4. The van der Waals surface area contributed by atoms with E-state index in [1.165, 1.54) is 11.8 Å². The van der Waals surface area contributed by atoms with Crippen LogP contribution < -0.4 is 21.7 Å². The summed E-state index contributed by atoms with van der Waals surface area (Å²) in [5, 5.41) is 15.1. The normalized spacial score (nSPS) is 10.4. The van der Waals surface area contributed by atoms with Crippen LogP contribution in [0.3, 0.4) is 0 Å². The summed E-state index contributed by atoms with van der Waals surface area (Å²) in [5.74, 6) is -0.585. The van der Waals surface area contributed by atoms with Gasteiger partial charge in [0.15, 0.2) is 0 Å². The summed E-state index contributed by atoms with van der Waals surface area (Å²) in [5.41, 5.74) is 10.6. The lowest BCUT2D eigenvalue weighted by Crippen LogP contribution is -2.19. The van der Waals surface area contributed by atoms with E-state index >= 15 is 0 Å². The van der Waals surface area contributed by atoms with Gasteiger partial charge in [0.05, 0.1) is 11.9 Å². The number of hydrogen-bond acceptors (Lipinski definition) is 4. The Morgan fingerprint density at radius 1 is 1.04 bits per heavy atom. The Bertz CT molecular complexity index is 1010. The summed E-state index contributed by atoms with van der Waals surface area (Å²) in [6.07, 6.45) is 1.50. The number of amides is 3. The number of nitrogens with zero attached hydrogens (tertiary/aromatic N) is 1. The Labute approximate surface area is 162 Å². The van der Waals surface area contributed by atoms with Crippen LogP contribution in [-0.4, -0.2) is 22.1 Å². The highest BCUT2D eigenvalue weighted by Gasteiger charge is 2.10. The molecule has 0 fully saturated rings. The molecule has 6 N–H and O–H groups in total. The van der Waals surface area contributed by atoms with Crippen LogP contribution in [-0.2, 0) is 6.54 Å². The molecule has 0 spiro atoms. The Morgan fingerprint density at radius 3 is 2.50 bits per heavy atom. The molecule has 0 radical (unpaired) electrons. The Balaban J connectivity index is 1.61. The molecule has 3 aromatic rings. The van der Waals surface area contributed by atoms with Gasteiger partial charge >= 0.3 is 6.03 Å². The molecule has 0 saturated carbocycles. The molecule has 28 heavy (non-hydrogen) atoms. The first-order valence-corrected chi connectivity index (χ1v) is 8.73. The third kappa shape index (κ3) is 4.67. The quantitative estimate of drug-likeness (QED) is 0.451. The van der Waals surface area contributed by atoms with Crippen LogP contribution in [0.2, 0.25) is 0 Å². The highest BCUT2D eigenvalue weighted by molar-refractivity contribution is 6.00. The molecule has 8 heteroatoms. The van der Waals surface area contributed by atoms with Crippen molar-refractivity contribution in [2.45, 2.75) is 20.4 Å². The van der Waals surface area contributed by atoms with Gasteiger partial charge in [0, 0.05) is 17.9 Å². The fraction of sp³-hybridized carbons (Fsp3) is 0.150. The Kier molecular flexibility index (Phi) is 5.59. The van der Waals surface area contributed by atoms with E-state index in [1.54, 1.807) is 6.07 Å². The molecule has 3 amide bonds. The minimum absolute atomic E-state index is 0.224. The molecular weight excluding hydrogens is 356 g/mol. The van der Waals surface area contributed by atoms with Gasteiger partial charge in [0.2, 0.25) is 0 Å². The van der Waals surface area contributed by atoms with E-state index < -0.39 is 5.91 Å². The topological polar surface area (TPSA) is 125 Å². The van der Waals surface area contributed by atoms with Crippen LogP contribution in [0.4, 0.5) is 21.9 Å². The van der Waals surface area contributed by atoms with Crippen LogP contribution in [0.25, 0.3) is 0 Å². The number of primary amides is 1. The van der Waals surface area contributed by atoms with E-state index in [-0.39, 0.29) is 11.7 Å². The van der Waals surface area contributed by atoms with Crippen molar-refractivity contribution in [2.24, 2.45) is 5.73 Å². The maximum absolute atomic E-state index is 12.3. The summed E-state index contributed by atoms with van der Waals surface area (Å²) >= 11 is 0. The average Bonchev–Trinajstić information content (AvgIpc) is 3.12. The van der Waals surface area contributed by atoms with Crippen LogP contribution in [0.1, 0.15) is 27.2 Å². The number of hydrogen-bond donors (Lipinski definition) is 5. The number of aromatic nitrogens is 2. The second kappa shape index (κ2) is 8.26. The highest BCUT2D eigenvalue weighted by Crippen LogP contribution is 2.17. The molecule has 0 bridgehead atoms. The molecule has 2 aromatic carbocycles. The van der Waals surface area contributed by atoms with Crippen molar-refractivity contribution in [2.75, 3.05) is 16.0 Å². The van der Waals surface area contributed by atoms with Gasteiger partial charge in [0.25, 0.3) is 5.91 Å². The van der Waals surface area contributed by atoms with Crippen LogP contribution in [0, 0.1) is 13.8 Å². The lowest BCUT2D eigenvalue weighted by atomic mass is 10.1. The zero-order chi connectivity index (χ0) is 20.1. The van der Waals surface area contributed by atoms with Crippen molar-refractivity contribution in [1.82, 2.24) is 10.2 Å². The Hall–Kier alpha value is -3.81. The first-order valence-electron chi connectivity index (χ1n) is 8.73. The first kappa shape index (κ1) is 19.0. The summed E-state index contributed by atoms with van der Waals surface area (Å²) in [6.45, 7) is 4.46.